The first-order valence-corrected chi connectivity index (χ1v) is 9.13. The number of carbonyl (C=O) groups is 2. The minimum atomic E-state index is -0.735. The lowest BCUT2D eigenvalue weighted by atomic mass is 9.96. The summed E-state index contributed by atoms with van der Waals surface area (Å²) in [5, 5.41) is 10.8. The second-order valence-electron chi connectivity index (χ2n) is 7.09. The highest BCUT2D eigenvalue weighted by atomic mass is 19.1. The molecule has 1 aliphatic rings. The van der Waals surface area contributed by atoms with E-state index in [1.165, 1.54) is 34.1 Å². The molecule has 2 aromatic rings. The third kappa shape index (κ3) is 3.94. The van der Waals surface area contributed by atoms with Crippen molar-refractivity contribution in [3.8, 4) is 0 Å². The summed E-state index contributed by atoms with van der Waals surface area (Å²) in [6.45, 7) is 1.23. The first-order chi connectivity index (χ1) is 13.4. The highest BCUT2D eigenvalue weighted by Gasteiger charge is 2.45. The van der Waals surface area contributed by atoms with Gasteiger partial charge in [-0.3, -0.25) is 14.6 Å². The predicted molar refractivity (Wildman–Crippen MR) is 102 cm³/mol. The van der Waals surface area contributed by atoms with E-state index in [4.69, 9.17) is 0 Å². The van der Waals surface area contributed by atoms with Gasteiger partial charge in [0.25, 0.3) is 11.7 Å². The van der Waals surface area contributed by atoms with Crippen LogP contribution in [0, 0.1) is 5.82 Å². The number of quaternary nitrogens is 1. The van der Waals surface area contributed by atoms with Crippen molar-refractivity contribution >= 4 is 17.4 Å². The lowest BCUT2D eigenvalue weighted by Crippen LogP contribution is -3.05. The van der Waals surface area contributed by atoms with Gasteiger partial charge >= 0.3 is 0 Å². The van der Waals surface area contributed by atoms with E-state index < -0.39 is 23.5 Å². The topological polar surface area (TPSA) is 74.9 Å². The van der Waals surface area contributed by atoms with E-state index in [1.54, 1.807) is 24.5 Å². The molecule has 1 aromatic heterocycles. The first kappa shape index (κ1) is 19.7. The van der Waals surface area contributed by atoms with Crippen molar-refractivity contribution in [3.05, 3.63) is 71.3 Å². The zero-order chi connectivity index (χ0) is 20.3. The molecule has 1 aromatic carbocycles. The average Bonchev–Trinajstić information content (AvgIpc) is 2.93. The number of halogens is 1. The molecule has 0 saturated carbocycles. The number of aromatic nitrogens is 1. The van der Waals surface area contributed by atoms with Crippen LogP contribution in [0.4, 0.5) is 4.39 Å². The Morgan fingerprint density at radius 2 is 1.79 bits per heavy atom. The normalized spacial score (nSPS) is 18.9. The number of amides is 1. The number of aliphatic hydroxyl groups excluding tert-OH is 1. The molecule has 0 aliphatic carbocycles. The standard InChI is InChI=1S/C21H22FN3O3/c1-24(2)12-3-13-25-18(14-8-10-23-11-9-14)17(20(27)21(25)28)19(26)15-4-6-16(22)7-5-15/h4-11,18,26H,3,12-13H2,1-2H3/p+1/t18-/m1/s1. The molecule has 146 valence electrons. The molecular formula is C21H23FN3O3+. The Hall–Kier alpha value is -3.06. The lowest BCUT2D eigenvalue weighted by Gasteiger charge is -2.25. The lowest BCUT2D eigenvalue weighted by molar-refractivity contribution is -0.858. The summed E-state index contributed by atoms with van der Waals surface area (Å²) in [6.07, 6.45) is 3.88. The Balaban J connectivity index is 2.06. The van der Waals surface area contributed by atoms with Crippen molar-refractivity contribution in [2.24, 2.45) is 0 Å². The van der Waals surface area contributed by atoms with Gasteiger partial charge in [-0.05, 0) is 42.0 Å². The Morgan fingerprint density at radius 3 is 2.39 bits per heavy atom. The van der Waals surface area contributed by atoms with Crippen LogP contribution in [0.2, 0.25) is 0 Å². The quantitative estimate of drug-likeness (QED) is 0.446. The SMILES string of the molecule is C[NH+](C)CCCN1C(=O)C(=O)C(=C(O)c2ccc(F)cc2)[C@H]1c1ccncc1. The molecule has 6 nitrogen and oxygen atoms in total. The number of nitrogens with one attached hydrogen (secondary N) is 1. The van der Waals surface area contributed by atoms with Crippen LogP contribution in [0.15, 0.2) is 54.4 Å². The Bertz CT molecular complexity index is 895. The monoisotopic (exact) mass is 384 g/mol. The maximum Gasteiger partial charge on any atom is 0.295 e. The third-order valence-corrected chi connectivity index (χ3v) is 4.76. The Kier molecular flexibility index (Phi) is 5.84. The number of ketones is 1. The van der Waals surface area contributed by atoms with Crippen LogP contribution >= 0.6 is 0 Å². The molecule has 28 heavy (non-hydrogen) atoms. The molecule has 1 saturated heterocycles. The summed E-state index contributed by atoms with van der Waals surface area (Å²) in [5.41, 5.74) is 0.992. The number of hydrogen-bond donors (Lipinski definition) is 2. The zero-order valence-electron chi connectivity index (χ0n) is 15.9. The van der Waals surface area contributed by atoms with E-state index in [2.05, 4.69) is 4.98 Å². The van der Waals surface area contributed by atoms with Crippen LogP contribution in [-0.4, -0.2) is 53.9 Å². The smallest absolute Gasteiger partial charge is 0.295 e. The second-order valence-corrected chi connectivity index (χ2v) is 7.09. The molecule has 7 heteroatoms. The molecule has 0 radical (unpaired) electrons. The predicted octanol–water partition coefficient (Wildman–Crippen LogP) is 1.18. The maximum absolute atomic E-state index is 13.2. The van der Waals surface area contributed by atoms with Gasteiger partial charge in [-0.1, -0.05) is 0 Å². The molecule has 2 N–H and O–H groups in total. The molecule has 2 heterocycles. The molecule has 0 bridgehead atoms. The van der Waals surface area contributed by atoms with Gasteiger partial charge in [-0.15, -0.1) is 0 Å². The van der Waals surface area contributed by atoms with Gasteiger partial charge in [0.2, 0.25) is 0 Å². The van der Waals surface area contributed by atoms with Gasteiger partial charge in [-0.2, -0.15) is 0 Å². The molecule has 1 atom stereocenters. The molecule has 0 unspecified atom stereocenters. The molecule has 1 amide bonds. The van der Waals surface area contributed by atoms with Crippen molar-refractivity contribution in [2.75, 3.05) is 27.2 Å². The summed E-state index contributed by atoms with van der Waals surface area (Å²) in [6, 6.07) is 7.91. The van der Waals surface area contributed by atoms with Gasteiger partial charge < -0.3 is 14.9 Å². The molecule has 1 aliphatic heterocycles. The van der Waals surface area contributed by atoms with E-state index in [0.717, 1.165) is 6.54 Å². The van der Waals surface area contributed by atoms with Crippen molar-refractivity contribution in [3.63, 3.8) is 0 Å². The van der Waals surface area contributed by atoms with E-state index in [-0.39, 0.29) is 16.9 Å². The minimum absolute atomic E-state index is 0.0139. The fourth-order valence-corrected chi connectivity index (χ4v) is 3.37. The minimum Gasteiger partial charge on any atom is -0.507 e. The van der Waals surface area contributed by atoms with Gasteiger partial charge in [-0.25, -0.2) is 4.39 Å². The van der Waals surface area contributed by atoms with Crippen LogP contribution in [0.1, 0.15) is 23.6 Å². The first-order valence-electron chi connectivity index (χ1n) is 9.13. The van der Waals surface area contributed by atoms with E-state index >= 15 is 0 Å². The number of rotatable bonds is 6. The van der Waals surface area contributed by atoms with Crippen LogP contribution in [0.3, 0.4) is 0 Å². The van der Waals surface area contributed by atoms with E-state index in [0.29, 0.717) is 18.5 Å². The number of hydrogen-bond acceptors (Lipinski definition) is 4. The molecule has 0 spiro atoms. The van der Waals surface area contributed by atoms with Crippen LogP contribution in [0.25, 0.3) is 5.76 Å². The number of likely N-dealkylation sites (tertiary alicyclic amines) is 1. The number of benzene rings is 1. The zero-order valence-corrected chi connectivity index (χ0v) is 15.9. The van der Waals surface area contributed by atoms with Gasteiger partial charge in [0.1, 0.15) is 11.6 Å². The largest absolute Gasteiger partial charge is 0.507 e. The van der Waals surface area contributed by atoms with Crippen molar-refractivity contribution in [2.45, 2.75) is 12.5 Å². The summed E-state index contributed by atoms with van der Waals surface area (Å²) in [4.78, 5) is 32.2. The summed E-state index contributed by atoms with van der Waals surface area (Å²) < 4.78 is 13.2. The Morgan fingerprint density at radius 1 is 1.14 bits per heavy atom. The van der Waals surface area contributed by atoms with Crippen LogP contribution in [0.5, 0.6) is 0 Å². The number of Topliss-reactive ketones (excluding diaryl/α,β-unsaturated/α-hetero) is 1. The second kappa shape index (κ2) is 8.31. The number of nitrogens with zero attached hydrogens (tertiary/aromatic N) is 2. The third-order valence-electron chi connectivity index (χ3n) is 4.76. The van der Waals surface area contributed by atoms with Crippen LogP contribution < -0.4 is 4.90 Å². The van der Waals surface area contributed by atoms with E-state index in [1.807, 2.05) is 14.1 Å². The Labute approximate surface area is 162 Å². The van der Waals surface area contributed by atoms with Crippen molar-refractivity contribution in [1.82, 2.24) is 9.88 Å². The van der Waals surface area contributed by atoms with Gasteiger partial charge in [0, 0.05) is 30.9 Å². The fraction of sp³-hybridized carbons (Fsp3) is 0.286. The highest BCUT2D eigenvalue weighted by Crippen LogP contribution is 2.39. The highest BCUT2D eigenvalue weighted by molar-refractivity contribution is 6.46. The maximum atomic E-state index is 13.2. The fourth-order valence-electron chi connectivity index (χ4n) is 3.37. The average molecular weight is 384 g/mol. The number of carbonyl (C=O) groups excluding carboxylic acids is 2. The summed E-state index contributed by atoms with van der Waals surface area (Å²) >= 11 is 0. The number of pyridine rings is 1. The van der Waals surface area contributed by atoms with Gasteiger partial charge in [0.15, 0.2) is 0 Å². The van der Waals surface area contributed by atoms with Crippen molar-refractivity contribution in [1.29, 1.82) is 0 Å². The van der Waals surface area contributed by atoms with Crippen LogP contribution in [-0.2, 0) is 9.59 Å². The van der Waals surface area contributed by atoms with Gasteiger partial charge in [0.05, 0.1) is 32.3 Å². The number of aliphatic hydroxyl groups is 1. The summed E-state index contributed by atoms with van der Waals surface area (Å²) in [7, 11) is 4.03. The summed E-state index contributed by atoms with van der Waals surface area (Å²) in [5.74, 6) is -2.13. The molecule has 1 fully saturated rings. The van der Waals surface area contributed by atoms with E-state index in [9.17, 15) is 19.1 Å². The molecule has 3 rings (SSSR count). The van der Waals surface area contributed by atoms with Crippen molar-refractivity contribution < 1.29 is 24.0 Å². The molecular weight excluding hydrogens is 361 g/mol.